The van der Waals surface area contributed by atoms with Crippen LogP contribution < -0.4 is 0 Å². The molecule has 0 N–H and O–H groups in total. The Morgan fingerprint density at radius 1 is 1.19 bits per heavy atom. The van der Waals surface area contributed by atoms with Gasteiger partial charge in [0.15, 0.2) is 0 Å². The second kappa shape index (κ2) is 4.86. The van der Waals surface area contributed by atoms with Gasteiger partial charge in [-0.15, -0.1) is 0 Å². The molecular formula is C13H11Cl2N. The minimum atomic E-state index is 0.568. The van der Waals surface area contributed by atoms with Crippen LogP contribution in [-0.4, -0.2) is 4.98 Å². The van der Waals surface area contributed by atoms with Crippen LogP contribution in [0.25, 0.3) is 0 Å². The average molecular weight is 252 g/mol. The number of rotatable bonds is 2. The van der Waals surface area contributed by atoms with Gasteiger partial charge in [0.2, 0.25) is 0 Å². The van der Waals surface area contributed by atoms with Crippen LogP contribution in [0.5, 0.6) is 0 Å². The molecule has 0 spiro atoms. The summed E-state index contributed by atoms with van der Waals surface area (Å²) in [5.41, 5.74) is 3.34. The summed E-state index contributed by atoms with van der Waals surface area (Å²) in [6, 6.07) is 9.94. The smallest absolute Gasteiger partial charge is 0.0639 e. The Morgan fingerprint density at radius 3 is 2.62 bits per heavy atom. The minimum absolute atomic E-state index is 0.568. The van der Waals surface area contributed by atoms with Gasteiger partial charge in [0.25, 0.3) is 0 Å². The van der Waals surface area contributed by atoms with Crippen molar-refractivity contribution < 1.29 is 0 Å². The molecule has 1 aromatic carbocycles. The third kappa shape index (κ3) is 2.55. The number of aryl methyl sites for hydroxylation is 1. The van der Waals surface area contributed by atoms with Crippen molar-refractivity contribution in [3.63, 3.8) is 0 Å². The molecule has 0 aliphatic rings. The molecule has 0 saturated carbocycles. The van der Waals surface area contributed by atoms with Crippen LogP contribution in [0.1, 0.15) is 16.8 Å². The Bertz CT molecular complexity index is 509. The molecule has 16 heavy (non-hydrogen) atoms. The first-order valence-corrected chi connectivity index (χ1v) is 5.77. The maximum absolute atomic E-state index is 6.08. The van der Waals surface area contributed by atoms with Crippen molar-refractivity contribution in [1.82, 2.24) is 4.98 Å². The largest absolute Gasteiger partial charge is 0.258 e. The van der Waals surface area contributed by atoms with Gasteiger partial charge in [-0.3, -0.25) is 4.98 Å². The summed E-state index contributed by atoms with van der Waals surface area (Å²) in [5, 5.41) is 1.19. The summed E-state index contributed by atoms with van der Waals surface area (Å²) in [6.07, 6.45) is 2.36. The van der Waals surface area contributed by atoms with Gasteiger partial charge >= 0.3 is 0 Å². The lowest BCUT2D eigenvalue weighted by atomic mass is 10.0. The summed E-state index contributed by atoms with van der Waals surface area (Å²) < 4.78 is 0. The van der Waals surface area contributed by atoms with Crippen molar-refractivity contribution >= 4 is 23.2 Å². The predicted molar refractivity (Wildman–Crippen MR) is 68.2 cm³/mol. The van der Waals surface area contributed by atoms with E-state index < -0.39 is 0 Å². The van der Waals surface area contributed by atoms with Crippen LogP contribution in [0, 0.1) is 6.92 Å². The lowest BCUT2D eigenvalue weighted by molar-refractivity contribution is 1.06. The zero-order valence-electron chi connectivity index (χ0n) is 8.87. The molecule has 2 rings (SSSR count). The fourth-order valence-corrected chi connectivity index (χ4v) is 2.01. The lowest BCUT2D eigenvalue weighted by Gasteiger charge is -2.06. The molecule has 1 aromatic heterocycles. The molecule has 0 saturated heterocycles. The van der Waals surface area contributed by atoms with Crippen molar-refractivity contribution in [1.29, 1.82) is 0 Å². The van der Waals surface area contributed by atoms with E-state index in [1.165, 1.54) is 11.1 Å². The van der Waals surface area contributed by atoms with Gasteiger partial charge in [-0.05, 0) is 24.1 Å². The first kappa shape index (κ1) is 11.4. The van der Waals surface area contributed by atoms with E-state index in [0.29, 0.717) is 10.0 Å². The number of hydrogen-bond donors (Lipinski definition) is 0. The lowest BCUT2D eigenvalue weighted by Crippen LogP contribution is -1.95. The zero-order valence-corrected chi connectivity index (χ0v) is 10.4. The summed E-state index contributed by atoms with van der Waals surface area (Å²) in [4.78, 5) is 4.25. The zero-order chi connectivity index (χ0) is 11.5. The van der Waals surface area contributed by atoms with E-state index in [-0.39, 0.29) is 0 Å². The van der Waals surface area contributed by atoms with E-state index in [4.69, 9.17) is 23.2 Å². The quantitative estimate of drug-likeness (QED) is 0.777. The highest BCUT2D eigenvalue weighted by molar-refractivity contribution is 6.34. The van der Waals surface area contributed by atoms with Crippen LogP contribution in [0.2, 0.25) is 10.0 Å². The molecule has 2 aromatic rings. The topological polar surface area (TPSA) is 12.9 Å². The van der Waals surface area contributed by atoms with E-state index >= 15 is 0 Å². The number of nitrogens with zero attached hydrogens (tertiary/aromatic N) is 1. The second-order valence-corrected chi connectivity index (χ2v) is 4.53. The van der Waals surface area contributed by atoms with Gasteiger partial charge in [-0.25, -0.2) is 0 Å². The predicted octanol–water partition coefficient (Wildman–Crippen LogP) is 4.29. The Kier molecular flexibility index (Phi) is 3.47. The van der Waals surface area contributed by atoms with E-state index in [0.717, 1.165) is 12.1 Å². The summed E-state index contributed by atoms with van der Waals surface area (Å²) in [6.45, 7) is 2.08. The van der Waals surface area contributed by atoms with Crippen LogP contribution >= 0.6 is 23.2 Å². The maximum Gasteiger partial charge on any atom is 0.0639 e. The third-order valence-corrected chi connectivity index (χ3v) is 3.04. The molecule has 3 heteroatoms. The maximum atomic E-state index is 6.08. The Balaban J connectivity index is 2.31. The number of hydrogen-bond acceptors (Lipinski definition) is 1. The summed E-state index contributed by atoms with van der Waals surface area (Å²) in [7, 11) is 0. The van der Waals surface area contributed by atoms with E-state index in [2.05, 4.69) is 24.0 Å². The average Bonchev–Trinajstić information content (AvgIpc) is 2.25. The van der Waals surface area contributed by atoms with Crippen LogP contribution in [0.15, 0.2) is 36.5 Å². The number of halogens is 2. The third-order valence-electron chi connectivity index (χ3n) is 2.50. The highest BCUT2D eigenvalue weighted by Gasteiger charge is 2.05. The fraction of sp³-hybridized carbons (Fsp3) is 0.154. The van der Waals surface area contributed by atoms with Crippen molar-refractivity contribution in [3.05, 3.63) is 63.4 Å². The van der Waals surface area contributed by atoms with E-state index in [1.807, 2.05) is 12.1 Å². The highest BCUT2D eigenvalue weighted by atomic mass is 35.5. The Morgan fingerprint density at radius 2 is 1.94 bits per heavy atom. The van der Waals surface area contributed by atoms with Gasteiger partial charge < -0.3 is 0 Å². The van der Waals surface area contributed by atoms with Crippen LogP contribution in [0.4, 0.5) is 0 Å². The van der Waals surface area contributed by atoms with Crippen molar-refractivity contribution in [2.45, 2.75) is 13.3 Å². The summed E-state index contributed by atoms with van der Waals surface area (Å²) in [5.74, 6) is 0. The molecule has 0 radical (unpaired) electrons. The highest BCUT2D eigenvalue weighted by Crippen LogP contribution is 2.21. The molecule has 82 valence electrons. The normalized spacial score (nSPS) is 10.4. The molecule has 0 unspecified atom stereocenters. The molecule has 0 atom stereocenters. The number of pyridine rings is 1. The molecule has 0 amide bonds. The standard InChI is InChI=1S/C13H11Cl2N/c1-9-4-2-3-5-10(9)6-13-12(15)7-11(14)8-16-13/h2-5,7-8H,6H2,1H3. The van der Waals surface area contributed by atoms with Gasteiger partial charge in [0, 0.05) is 12.6 Å². The van der Waals surface area contributed by atoms with E-state index in [9.17, 15) is 0 Å². The Labute approximate surface area is 105 Å². The molecular weight excluding hydrogens is 241 g/mol. The molecule has 0 fully saturated rings. The van der Waals surface area contributed by atoms with Gasteiger partial charge in [-0.1, -0.05) is 47.5 Å². The van der Waals surface area contributed by atoms with Gasteiger partial charge in [0.1, 0.15) is 0 Å². The molecule has 0 aliphatic heterocycles. The Hall–Kier alpha value is -1.05. The van der Waals surface area contributed by atoms with Gasteiger partial charge in [0.05, 0.1) is 15.7 Å². The monoisotopic (exact) mass is 251 g/mol. The first-order chi connectivity index (χ1) is 7.66. The first-order valence-electron chi connectivity index (χ1n) is 5.01. The number of aromatic nitrogens is 1. The van der Waals surface area contributed by atoms with Crippen LogP contribution in [-0.2, 0) is 6.42 Å². The molecule has 1 heterocycles. The van der Waals surface area contributed by atoms with Crippen molar-refractivity contribution in [3.8, 4) is 0 Å². The SMILES string of the molecule is Cc1ccccc1Cc1ncc(Cl)cc1Cl. The molecule has 0 bridgehead atoms. The second-order valence-electron chi connectivity index (χ2n) is 3.69. The number of benzene rings is 1. The van der Waals surface area contributed by atoms with Crippen LogP contribution in [0.3, 0.4) is 0 Å². The molecule has 0 aliphatic carbocycles. The van der Waals surface area contributed by atoms with E-state index in [1.54, 1.807) is 12.3 Å². The van der Waals surface area contributed by atoms with Crippen molar-refractivity contribution in [2.75, 3.05) is 0 Å². The fourth-order valence-electron chi connectivity index (χ4n) is 1.56. The summed E-state index contributed by atoms with van der Waals surface area (Å²) >= 11 is 11.9. The van der Waals surface area contributed by atoms with Gasteiger partial charge in [-0.2, -0.15) is 0 Å². The van der Waals surface area contributed by atoms with Crippen molar-refractivity contribution in [2.24, 2.45) is 0 Å². The molecule has 1 nitrogen and oxygen atoms in total. The minimum Gasteiger partial charge on any atom is -0.258 e.